The molecular formula is C13H11ClN6O. The summed E-state index contributed by atoms with van der Waals surface area (Å²) in [6.45, 7) is 0. The van der Waals surface area contributed by atoms with Gasteiger partial charge in [0, 0.05) is 18.1 Å². The molecule has 8 heteroatoms. The Morgan fingerprint density at radius 3 is 2.67 bits per heavy atom. The lowest BCUT2D eigenvalue weighted by Crippen LogP contribution is -2.22. The zero-order chi connectivity index (χ0) is 14.8. The minimum absolute atomic E-state index is 0.263. The summed E-state index contributed by atoms with van der Waals surface area (Å²) in [4.78, 5) is 16.3. The van der Waals surface area contributed by atoms with E-state index in [1.807, 2.05) is 0 Å². The van der Waals surface area contributed by atoms with Crippen molar-refractivity contribution in [2.24, 2.45) is 0 Å². The van der Waals surface area contributed by atoms with Gasteiger partial charge in [-0.05, 0) is 24.3 Å². The van der Waals surface area contributed by atoms with E-state index in [4.69, 9.17) is 11.6 Å². The first-order chi connectivity index (χ1) is 10.2. The molecule has 0 aliphatic carbocycles. The highest BCUT2D eigenvalue weighted by Crippen LogP contribution is 2.20. The van der Waals surface area contributed by atoms with Crippen LogP contribution in [-0.4, -0.2) is 32.0 Å². The Kier molecular flexibility index (Phi) is 3.41. The molecule has 0 saturated carbocycles. The van der Waals surface area contributed by atoms with Gasteiger partial charge in [0.25, 0.3) is 5.56 Å². The number of aromatic amines is 1. The number of rotatable bonds is 3. The van der Waals surface area contributed by atoms with E-state index in [9.17, 15) is 4.79 Å². The fraction of sp³-hybridized carbons (Fsp3) is 0.0769. The normalized spacial score (nSPS) is 10.6. The molecule has 3 aromatic rings. The molecule has 106 valence electrons. The lowest BCUT2D eigenvalue weighted by atomic mass is 10.3. The fourth-order valence-electron chi connectivity index (χ4n) is 1.90. The van der Waals surface area contributed by atoms with E-state index in [-0.39, 0.29) is 5.56 Å². The summed E-state index contributed by atoms with van der Waals surface area (Å²) in [7, 11) is 1.71. The van der Waals surface area contributed by atoms with Crippen LogP contribution in [0.15, 0.2) is 41.5 Å². The van der Waals surface area contributed by atoms with Gasteiger partial charge in [-0.3, -0.25) is 9.89 Å². The van der Waals surface area contributed by atoms with Crippen molar-refractivity contribution in [3.63, 3.8) is 0 Å². The third kappa shape index (κ3) is 2.50. The summed E-state index contributed by atoms with van der Waals surface area (Å²) < 4.78 is 1.28. The predicted molar refractivity (Wildman–Crippen MR) is 79.8 cm³/mol. The molecule has 2 aromatic heterocycles. The first kappa shape index (κ1) is 13.3. The molecule has 0 fully saturated rings. The molecule has 0 atom stereocenters. The van der Waals surface area contributed by atoms with Gasteiger partial charge in [-0.25, -0.2) is 4.98 Å². The Labute approximate surface area is 124 Å². The Morgan fingerprint density at radius 2 is 2.05 bits per heavy atom. The van der Waals surface area contributed by atoms with E-state index in [0.717, 1.165) is 0 Å². The van der Waals surface area contributed by atoms with E-state index in [1.54, 1.807) is 31.3 Å². The highest BCUT2D eigenvalue weighted by Gasteiger charge is 2.14. The second-order valence-electron chi connectivity index (χ2n) is 4.21. The van der Waals surface area contributed by atoms with E-state index in [2.05, 4.69) is 25.6 Å². The monoisotopic (exact) mass is 302 g/mol. The van der Waals surface area contributed by atoms with Crippen LogP contribution >= 0.6 is 11.6 Å². The SMILES string of the molecule is CNc1cc(=O)n(-c2ccc(Cl)cc2)nc1-c1nc[nH]n1. The minimum atomic E-state index is -0.263. The summed E-state index contributed by atoms with van der Waals surface area (Å²) in [5, 5.41) is 14.5. The Bertz CT molecular complexity index is 810. The van der Waals surface area contributed by atoms with Crippen LogP contribution < -0.4 is 10.9 Å². The molecule has 0 radical (unpaired) electrons. The molecule has 7 nitrogen and oxygen atoms in total. The van der Waals surface area contributed by atoms with Crippen molar-refractivity contribution in [1.82, 2.24) is 25.0 Å². The van der Waals surface area contributed by atoms with Crippen LogP contribution in [0.3, 0.4) is 0 Å². The number of anilines is 1. The lowest BCUT2D eigenvalue weighted by molar-refractivity contribution is 0.809. The van der Waals surface area contributed by atoms with Crippen LogP contribution in [0.2, 0.25) is 5.02 Å². The second kappa shape index (κ2) is 5.37. The number of nitrogens with zero attached hydrogens (tertiary/aromatic N) is 4. The van der Waals surface area contributed by atoms with Crippen LogP contribution in [0.1, 0.15) is 0 Å². The highest BCUT2D eigenvalue weighted by molar-refractivity contribution is 6.30. The van der Waals surface area contributed by atoms with Crippen molar-refractivity contribution in [2.75, 3.05) is 12.4 Å². The largest absolute Gasteiger partial charge is 0.386 e. The Morgan fingerprint density at radius 1 is 1.29 bits per heavy atom. The molecule has 0 aliphatic heterocycles. The van der Waals surface area contributed by atoms with E-state index < -0.39 is 0 Å². The maximum atomic E-state index is 12.2. The predicted octanol–water partition coefficient (Wildman–Crippen LogP) is 1.71. The molecule has 1 aromatic carbocycles. The molecule has 2 N–H and O–H groups in total. The Balaban J connectivity index is 2.20. The van der Waals surface area contributed by atoms with Gasteiger partial charge in [-0.1, -0.05) is 11.6 Å². The van der Waals surface area contributed by atoms with Crippen molar-refractivity contribution in [3.05, 3.63) is 52.0 Å². The van der Waals surface area contributed by atoms with Crippen molar-refractivity contribution >= 4 is 17.3 Å². The van der Waals surface area contributed by atoms with Gasteiger partial charge in [-0.2, -0.15) is 14.9 Å². The summed E-state index contributed by atoms with van der Waals surface area (Å²) in [5.41, 5.74) is 1.39. The van der Waals surface area contributed by atoms with Crippen molar-refractivity contribution in [1.29, 1.82) is 0 Å². The summed E-state index contributed by atoms with van der Waals surface area (Å²) in [6.07, 6.45) is 1.45. The quantitative estimate of drug-likeness (QED) is 0.769. The summed E-state index contributed by atoms with van der Waals surface area (Å²) in [5.74, 6) is 0.405. The number of nitrogens with one attached hydrogen (secondary N) is 2. The molecule has 21 heavy (non-hydrogen) atoms. The zero-order valence-corrected chi connectivity index (χ0v) is 11.8. The third-order valence-corrected chi connectivity index (χ3v) is 3.15. The molecular weight excluding hydrogens is 292 g/mol. The maximum absolute atomic E-state index is 12.2. The minimum Gasteiger partial charge on any atom is -0.386 e. The molecule has 3 rings (SSSR count). The molecule has 0 aliphatic rings. The van der Waals surface area contributed by atoms with E-state index in [0.29, 0.717) is 27.9 Å². The number of halogens is 1. The van der Waals surface area contributed by atoms with Gasteiger partial charge in [0.05, 0.1) is 11.4 Å². The first-order valence-electron chi connectivity index (χ1n) is 6.13. The van der Waals surface area contributed by atoms with Crippen LogP contribution in [-0.2, 0) is 0 Å². The number of hydrogen-bond acceptors (Lipinski definition) is 5. The average Bonchev–Trinajstić information content (AvgIpc) is 3.02. The molecule has 2 heterocycles. The lowest BCUT2D eigenvalue weighted by Gasteiger charge is -2.09. The van der Waals surface area contributed by atoms with Crippen LogP contribution in [0.4, 0.5) is 5.69 Å². The molecule has 0 saturated heterocycles. The standard InChI is InChI=1S/C13H11ClN6O/c1-15-10-6-11(21)20(9-4-2-8(14)3-5-9)19-12(10)13-16-7-17-18-13/h2-7,15H,1H3,(H,16,17,18). The van der Waals surface area contributed by atoms with Crippen molar-refractivity contribution in [2.45, 2.75) is 0 Å². The average molecular weight is 303 g/mol. The van der Waals surface area contributed by atoms with Gasteiger partial charge < -0.3 is 5.32 Å². The molecule has 0 bridgehead atoms. The first-order valence-corrected chi connectivity index (χ1v) is 6.51. The van der Waals surface area contributed by atoms with Crippen LogP contribution in [0, 0.1) is 0 Å². The highest BCUT2D eigenvalue weighted by atomic mass is 35.5. The van der Waals surface area contributed by atoms with E-state index >= 15 is 0 Å². The zero-order valence-electron chi connectivity index (χ0n) is 11.0. The maximum Gasteiger partial charge on any atom is 0.273 e. The second-order valence-corrected chi connectivity index (χ2v) is 4.64. The van der Waals surface area contributed by atoms with Crippen LogP contribution in [0.25, 0.3) is 17.2 Å². The van der Waals surface area contributed by atoms with Gasteiger partial charge in [0.15, 0.2) is 5.69 Å². The fourth-order valence-corrected chi connectivity index (χ4v) is 2.03. The summed E-state index contributed by atoms with van der Waals surface area (Å²) in [6, 6.07) is 8.29. The van der Waals surface area contributed by atoms with Crippen molar-refractivity contribution < 1.29 is 0 Å². The van der Waals surface area contributed by atoms with Crippen LogP contribution in [0.5, 0.6) is 0 Å². The van der Waals surface area contributed by atoms with Crippen molar-refractivity contribution in [3.8, 4) is 17.2 Å². The number of aromatic nitrogens is 5. The number of benzene rings is 1. The van der Waals surface area contributed by atoms with Gasteiger partial charge in [-0.15, -0.1) is 0 Å². The van der Waals surface area contributed by atoms with Gasteiger partial charge in [0.1, 0.15) is 6.33 Å². The number of hydrogen-bond donors (Lipinski definition) is 2. The van der Waals surface area contributed by atoms with Gasteiger partial charge >= 0.3 is 0 Å². The third-order valence-electron chi connectivity index (χ3n) is 2.90. The molecule has 0 unspecified atom stereocenters. The topological polar surface area (TPSA) is 88.5 Å². The van der Waals surface area contributed by atoms with E-state index in [1.165, 1.54) is 17.1 Å². The smallest absolute Gasteiger partial charge is 0.273 e. The van der Waals surface area contributed by atoms with Gasteiger partial charge in [0.2, 0.25) is 5.82 Å². The summed E-state index contributed by atoms with van der Waals surface area (Å²) >= 11 is 5.86. The number of H-pyrrole nitrogens is 1. The molecule has 0 amide bonds. The Hall–Kier alpha value is -2.67. The molecule has 0 spiro atoms.